The van der Waals surface area contributed by atoms with E-state index < -0.39 is 36.4 Å². The summed E-state index contributed by atoms with van der Waals surface area (Å²) >= 11 is 1.11. The number of hydrogen-bond donors (Lipinski definition) is 2. The molecule has 1 aromatic carbocycles. The Kier molecular flexibility index (Phi) is 8.59. The van der Waals surface area contributed by atoms with Gasteiger partial charge in [0.05, 0.1) is 12.1 Å². The summed E-state index contributed by atoms with van der Waals surface area (Å²) in [4.78, 5) is 24.8. The summed E-state index contributed by atoms with van der Waals surface area (Å²) in [6, 6.07) is 10.3. The second-order valence-corrected chi connectivity index (χ2v) is 9.30. The summed E-state index contributed by atoms with van der Waals surface area (Å²) in [6.07, 6.45) is 2.56. The highest BCUT2D eigenvalue weighted by molar-refractivity contribution is 7.12. The first-order chi connectivity index (χ1) is 16.2. The molecule has 1 amide bonds. The number of alkyl halides is 2. The van der Waals surface area contributed by atoms with Gasteiger partial charge in [0.25, 0.3) is 5.91 Å². The number of amides is 1. The predicted molar refractivity (Wildman–Crippen MR) is 127 cm³/mol. The van der Waals surface area contributed by atoms with Crippen LogP contribution in [0.25, 0.3) is 0 Å². The van der Waals surface area contributed by atoms with Gasteiger partial charge in [-0.25, -0.2) is 4.79 Å². The Morgan fingerprint density at radius 3 is 2.76 bits per heavy atom. The van der Waals surface area contributed by atoms with Crippen LogP contribution in [0.5, 0.6) is 0 Å². The van der Waals surface area contributed by atoms with Crippen LogP contribution < -0.4 is 0 Å². The Hall–Kier alpha value is -3.02. The number of rotatable bonds is 9. The van der Waals surface area contributed by atoms with Crippen molar-refractivity contribution in [3.8, 4) is 11.8 Å². The maximum atomic E-state index is 14.1. The molecule has 1 aliphatic heterocycles. The van der Waals surface area contributed by atoms with Crippen LogP contribution in [0.1, 0.15) is 47.0 Å². The molecule has 0 bridgehead atoms. The summed E-state index contributed by atoms with van der Waals surface area (Å²) in [6.45, 7) is 1.90. The van der Waals surface area contributed by atoms with Gasteiger partial charge in [0.2, 0.25) is 0 Å². The third-order valence-electron chi connectivity index (χ3n) is 5.77. The minimum Gasteiger partial charge on any atom is -0.477 e. The lowest BCUT2D eigenvalue weighted by Gasteiger charge is -2.22. The molecule has 1 aromatic heterocycles. The second kappa shape index (κ2) is 11.4. The van der Waals surface area contributed by atoms with Crippen molar-refractivity contribution in [2.45, 2.75) is 50.7 Å². The van der Waals surface area contributed by atoms with E-state index in [2.05, 4.69) is 11.8 Å². The normalized spacial score (nSPS) is 19.1. The average molecular weight is 488 g/mol. The molecule has 0 saturated carbocycles. The zero-order chi connectivity index (χ0) is 24.7. The van der Waals surface area contributed by atoms with Crippen molar-refractivity contribution in [3.05, 3.63) is 69.9 Å². The lowest BCUT2D eigenvalue weighted by molar-refractivity contribution is -0.148. The largest absolute Gasteiger partial charge is 0.477 e. The molecule has 2 aromatic rings. The molecule has 3 atom stereocenters. The van der Waals surface area contributed by atoms with Gasteiger partial charge in [-0.15, -0.1) is 11.3 Å². The molecule has 0 radical (unpaired) electrons. The van der Waals surface area contributed by atoms with Gasteiger partial charge in [-0.3, -0.25) is 4.79 Å². The number of carboxylic acids is 1. The number of likely N-dealkylation sites (tertiary alicyclic amines) is 1. The van der Waals surface area contributed by atoms with E-state index in [9.17, 15) is 28.6 Å². The quantitative estimate of drug-likeness (QED) is 0.400. The van der Waals surface area contributed by atoms with E-state index in [0.717, 1.165) is 21.8 Å². The zero-order valence-electron chi connectivity index (χ0n) is 18.8. The fourth-order valence-electron chi connectivity index (χ4n) is 3.81. The average Bonchev–Trinajstić information content (AvgIpc) is 3.36. The number of aryl methyl sites for hydroxylation is 1. The zero-order valence-corrected chi connectivity index (χ0v) is 19.6. The topological polar surface area (TPSA) is 77.8 Å². The number of carbonyl (C=O) groups is 2. The van der Waals surface area contributed by atoms with Gasteiger partial charge in [0.15, 0.2) is 0 Å². The molecule has 0 aliphatic carbocycles. The Bertz CT molecular complexity index is 1090. The third kappa shape index (κ3) is 6.52. The smallest absolute Gasteiger partial charge is 0.346 e. The number of aliphatic hydroxyl groups is 1. The molecular formula is C26H27F2NO4S. The highest BCUT2D eigenvalue weighted by atomic mass is 32.1. The molecule has 8 heteroatoms. The first-order valence-electron chi connectivity index (χ1n) is 11.1. The minimum atomic E-state index is -3.46. The van der Waals surface area contributed by atoms with Gasteiger partial charge in [-0.05, 0) is 47.9 Å². The van der Waals surface area contributed by atoms with Crippen LogP contribution in [0, 0.1) is 17.8 Å². The number of halogens is 2. The second-order valence-electron chi connectivity index (χ2n) is 8.38. The van der Waals surface area contributed by atoms with Crippen molar-refractivity contribution in [2.75, 3.05) is 6.54 Å². The maximum Gasteiger partial charge on any atom is 0.346 e. The molecular weight excluding hydrogens is 460 g/mol. The van der Waals surface area contributed by atoms with Crippen LogP contribution in [0.2, 0.25) is 0 Å². The van der Waals surface area contributed by atoms with Crippen LogP contribution >= 0.6 is 11.3 Å². The van der Waals surface area contributed by atoms with Crippen LogP contribution in [0.4, 0.5) is 8.78 Å². The third-order valence-corrected chi connectivity index (χ3v) is 6.71. The maximum absolute atomic E-state index is 14.1. The van der Waals surface area contributed by atoms with Crippen LogP contribution in [-0.2, 0) is 11.2 Å². The van der Waals surface area contributed by atoms with Gasteiger partial charge in [0.1, 0.15) is 4.88 Å². The molecule has 0 unspecified atom stereocenters. The molecule has 1 fully saturated rings. The Labute approximate surface area is 201 Å². The number of benzene rings is 1. The molecule has 1 aliphatic rings. The lowest BCUT2D eigenvalue weighted by Crippen LogP contribution is -2.37. The standard InChI is InChI=1S/C26H27F2NO4S/c1-18(7-5-10-19-8-3-2-4-9-19)22(30)13-12-21-17-26(27,28)25(33)29(21)15-6-11-20-14-16-34-23(20)24(31)32/h2-4,8-9,12-14,16,18,21-22,30H,6-7,11,15,17H2,1H3,(H,31,32)/b13-12+/t18-,21-,22+/m0/s1. The van der Waals surface area contributed by atoms with Gasteiger partial charge in [0, 0.05) is 24.9 Å². The van der Waals surface area contributed by atoms with Gasteiger partial charge >= 0.3 is 11.9 Å². The van der Waals surface area contributed by atoms with Crippen molar-refractivity contribution in [2.24, 2.45) is 5.92 Å². The van der Waals surface area contributed by atoms with E-state index in [4.69, 9.17) is 0 Å². The first-order valence-corrected chi connectivity index (χ1v) is 12.0. The Morgan fingerprint density at radius 1 is 1.32 bits per heavy atom. The summed E-state index contributed by atoms with van der Waals surface area (Å²) in [5, 5.41) is 21.3. The Morgan fingerprint density at radius 2 is 2.06 bits per heavy atom. The van der Waals surface area contributed by atoms with E-state index in [0.29, 0.717) is 24.8 Å². The SMILES string of the molecule is C[C@@H](CC#Cc1ccccc1)[C@H](O)/C=C/[C@H]1CC(F)(F)C(=O)N1CCCc1ccsc1C(=O)O. The van der Waals surface area contributed by atoms with Crippen molar-refractivity contribution in [1.29, 1.82) is 0 Å². The predicted octanol–water partition coefficient (Wildman–Crippen LogP) is 4.61. The molecule has 3 rings (SSSR count). The molecule has 0 spiro atoms. The molecule has 2 heterocycles. The fraction of sp³-hybridized carbons (Fsp3) is 0.385. The molecule has 1 saturated heterocycles. The van der Waals surface area contributed by atoms with Crippen molar-refractivity contribution >= 4 is 23.2 Å². The van der Waals surface area contributed by atoms with Crippen LogP contribution in [-0.4, -0.2) is 51.6 Å². The first kappa shape index (κ1) is 25.6. The fourth-order valence-corrected chi connectivity index (χ4v) is 4.60. The molecule has 34 heavy (non-hydrogen) atoms. The Balaban J connectivity index is 1.58. The number of aliphatic hydroxyl groups excluding tert-OH is 1. The number of hydrogen-bond acceptors (Lipinski definition) is 4. The van der Waals surface area contributed by atoms with E-state index in [1.165, 1.54) is 12.2 Å². The molecule has 180 valence electrons. The number of aromatic carboxylic acids is 1. The molecule has 2 N–H and O–H groups in total. The highest BCUT2D eigenvalue weighted by Crippen LogP contribution is 2.34. The van der Waals surface area contributed by atoms with E-state index in [1.54, 1.807) is 11.4 Å². The van der Waals surface area contributed by atoms with Crippen molar-refractivity contribution < 1.29 is 28.6 Å². The van der Waals surface area contributed by atoms with Crippen LogP contribution in [0.3, 0.4) is 0 Å². The lowest BCUT2D eigenvalue weighted by atomic mass is 9.99. The highest BCUT2D eigenvalue weighted by Gasteiger charge is 2.52. The monoisotopic (exact) mass is 487 g/mol. The van der Waals surface area contributed by atoms with Gasteiger partial charge < -0.3 is 15.1 Å². The number of nitrogens with zero attached hydrogens (tertiary/aromatic N) is 1. The summed E-state index contributed by atoms with van der Waals surface area (Å²) in [5.41, 5.74) is 1.50. The summed E-state index contributed by atoms with van der Waals surface area (Å²) in [5.74, 6) is 0.118. The summed E-state index contributed by atoms with van der Waals surface area (Å²) in [7, 11) is 0. The summed E-state index contributed by atoms with van der Waals surface area (Å²) < 4.78 is 28.3. The van der Waals surface area contributed by atoms with E-state index in [1.807, 2.05) is 37.3 Å². The van der Waals surface area contributed by atoms with Crippen LogP contribution in [0.15, 0.2) is 53.9 Å². The van der Waals surface area contributed by atoms with Crippen molar-refractivity contribution in [1.82, 2.24) is 4.90 Å². The number of carboxylic acid groups (broad SMARTS) is 1. The number of carbonyl (C=O) groups excluding carboxylic acids is 1. The minimum absolute atomic E-state index is 0.0759. The number of thiophene rings is 1. The van der Waals surface area contributed by atoms with E-state index in [-0.39, 0.29) is 17.3 Å². The van der Waals surface area contributed by atoms with Crippen molar-refractivity contribution in [3.63, 3.8) is 0 Å². The van der Waals surface area contributed by atoms with Gasteiger partial charge in [-0.2, -0.15) is 8.78 Å². The van der Waals surface area contributed by atoms with Gasteiger partial charge in [-0.1, -0.05) is 49.1 Å². The molecule has 5 nitrogen and oxygen atoms in total. The van der Waals surface area contributed by atoms with E-state index >= 15 is 0 Å².